The third kappa shape index (κ3) is 2.24. The Morgan fingerprint density at radius 3 is 2.74 bits per heavy atom. The molecule has 0 radical (unpaired) electrons. The van der Waals surface area contributed by atoms with Crippen LogP contribution in [0.3, 0.4) is 0 Å². The lowest BCUT2D eigenvalue weighted by Crippen LogP contribution is -2.35. The van der Waals surface area contributed by atoms with Crippen molar-refractivity contribution in [1.82, 2.24) is 14.9 Å². The molecule has 0 aliphatic carbocycles. The standard InChI is InChI=1S/C13H13Cl2N3O/c14-9-2-1-3-10-11(9)12(19)18(13(15)17-10)8-4-6-16-7-5-8/h1-3,8,16H,4-7H2. The van der Waals surface area contributed by atoms with E-state index in [0.29, 0.717) is 15.9 Å². The Morgan fingerprint density at radius 2 is 2.00 bits per heavy atom. The molecule has 1 aliphatic rings. The van der Waals surface area contributed by atoms with Gasteiger partial charge in [0, 0.05) is 6.04 Å². The smallest absolute Gasteiger partial charge is 0.264 e. The number of hydrogen-bond donors (Lipinski definition) is 1. The minimum absolute atomic E-state index is 0.0921. The first-order valence-electron chi connectivity index (χ1n) is 6.25. The minimum atomic E-state index is -0.146. The van der Waals surface area contributed by atoms with Crippen LogP contribution in [0, 0.1) is 0 Å². The quantitative estimate of drug-likeness (QED) is 0.823. The van der Waals surface area contributed by atoms with Crippen molar-refractivity contribution in [1.29, 1.82) is 0 Å². The van der Waals surface area contributed by atoms with Gasteiger partial charge in [-0.15, -0.1) is 0 Å². The summed E-state index contributed by atoms with van der Waals surface area (Å²) in [5, 5.41) is 4.39. The van der Waals surface area contributed by atoms with Crippen LogP contribution in [0.4, 0.5) is 0 Å². The van der Waals surface area contributed by atoms with Gasteiger partial charge in [-0.3, -0.25) is 9.36 Å². The van der Waals surface area contributed by atoms with Crippen LogP contribution in [0.15, 0.2) is 23.0 Å². The highest BCUT2D eigenvalue weighted by Gasteiger charge is 2.21. The van der Waals surface area contributed by atoms with Crippen LogP contribution in [-0.2, 0) is 0 Å². The summed E-state index contributed by atoms with van der Waals surface area (Å²) in [5.41, 5.74) is 0.403. The summed E-state index contributed by atoms with van der Waals surface area (Å²) < 4.78 is 1.58. The third-order valence-corrected chi connectivity index (χ3v) is 4.09. The average Bonchev–Trinajstić information content (AvgIpc) is 2.39. The van der Waals surface area contributed by atoms with E-state index in [1.807, 2.05) is 0 Å². The number of benzene rings is 1. The molecular weight excluding hydrogens is 285 g/mol. The summed E-state index contributed by atoms with van der Waals surface area (Å²) in [6.45, 7) is 1.77. The van der Waals surface area contributed by atoms with Crippen molar-refractivity contribution in [2.75, 3.05) is 13.1 Å². The predicted octanol–water partition coefficient (Wildman–Crippen LogP) is 2.63. The molecule has 3 rings (SSSR count). The second-order valence-corrected chi connectivity index (χ2v) is 5.42. The van der Waals surface area contributed by atoms with E-state index in [2.05, 4.69) is 10.3 Å². The molecule has 0 saturated carbocycles. The molecule has 1 aromatic heterocycles. The van der Waals surface area contributed by atoms with Crippen molar-refractivity contribution >= 4 is 34.1 Å². The Bertz CT molecular complexity index is 677. The lowest BCUT2D eigenvalue weighted by molar-refractivity contribution is 0.360. The summed E-state index contributed by atoms with van der Waals surface area (Å²) in [6.07, 6.45) is 1.74. The zero-order valence-corrected chi connectivity index (χ0v) is 11.7. The van der Waals surface area contributed by atoms with Gasteiger partial charge in [0.15, 0.2) is 0 Å². The fourth-order valence-corrected chi connectivity index (χ4v) is 3.11. The largest absolute Gasteiger partial charge is 0.317 e. The van der Waals surface area contributed by atoms with Crippen LogP contribution in [0.25, 0.3) is 10.9 Å². The number of fused-ring (bicyclic) bond motifs is 1. The van der Waals surface area contributed by atoms with Gasteiger partial charge < -0.3 is 5.32 Å². The van der Waals surface area contributed by atoms with Gasteiger partial charge in [-0.05, 0) is 49.7 Å². The number of hydrogen-bond acceptors (Lipinski definition) is 3. The van der Waals surface area contributed by atoms with Crippen LogP contribution < -0.4 is 10.9 Å². The number of halogens is 2. The highest BCUT2D eigenvalue weighted by molar-refractivity contribution is 6.35. The average molecular weight is 298 g/mol. The molecule has 0 amide bonds. The van der Waals surface area contributed by atoms with E-state index >= 15 is 0 Å². The Hall–Kier alpha value is -1.10. The fraction of sp³-hybridized carbons (Fsp3) is 0.385. The molecule has 0 unspecified atom stereocenters. The van der Waals surface area contributed by atoms with Crippen molar-refractivity contribution < 1.29 is 0 Å². The first-order valence-corrected chi connectivity index (χ1v) is 7.01. The molecule has 0 spiro atoms. The Balaban J connectivity index is 2.24. The van der Waals surface area contributed by atoms with Gasteiger partial charge in [0.2, 0.25) is 5.28 Å². The molecule has 1 saturated heterocycles. The molecule has 1 aromatic carbocycles. The lowest BCUT2D eigenvalue weighted by Gasteiger charge is -2.25. The second kappa shape index (κ2) is 5.12. The zero-order valence-electron chi connectivity index (χ0n) is 10.2. The summed E-state index contributed by atoms with van der Waals surface area (Å²) >= 11 is 12.3. The molecule has 2 aromatic rings. The van der Waals surface area contributed by atoms with E-state index in [4.69, 9.17) is 23.2 Å². The van der Waals surface area contributed by atoms with Crippen molar-refractivity contribution in [3.05, 3.63) is 38.9 Å². The van der Waals surface area contributed by atoms with Gasteiger partial charge in [0.1, 0.15) is 0 Å². The van der Waals surface area contributed by atoms with Crippen molar-refractivity contribution in [2.45, 2.75) is 18.9 Å². The highest BCUT2D eigenvalue weighted by Crippen LogP contribution is 2.24. The van der Waals surface area contributed by atoms with E-state index < -0.39 is 0 Å². The molecule has 0 bridgehead atoms. The van der Waals surface area contributed by atoms with Gasteiger partial charge in [0.25, 0.3) is 5.56 Å². The number of nitrogens with zero attached hydrogens (tertiary/aromatic N) is 2. The maximum absolute atomic E-state index is 12.6. The first-order chi connectivity index (χ1) is 9.18. The molecule has 4 nitrogen and oxygen atoms in total. The first kappa shape index (κ1) is 12.9. The molecule has 1 fully saturated rings. The number of nitrogens with one attached hydrogen (secondary N) is 1. The number of rotatable bonds is 1. The van der Waals surface area contributed by atoms with Crippen LogP contribution in [0.1, 0.15) is 18.9 Å². The monoisotopic (exact) mass is 297 g/mol. The van der Waals surface area contributed by atoms with Crippen LogP contribution in [0.2, 0.25) is 10.3 Å². The normalized spacial score (nSPS) is 16.9. The predicted molar refractivity (Wildman–Crippen MR) is 77.2 cm³/mol. The molecule has 6 heteroatoms. The summed E-state index contributed by atoms with van der Waals surface area (Å²) in [4.78, 5) is 16.9. The van der Waals surface area contributed by atoms with Crippen molar-refractivity contribution in [2.24, 2.45) is 0 Å². The summed E-state index contributed by atoms with van der Waals surface area (Å²) in [6, 6.07) is 5.31. The molecule has 1 aliphatic heterocycles. The SMILES string of the molecule is O=c1c2c(Cl)cccc2nc(Cl)n1C1CCNCC1. The van der Waals surface area contributed by atoms with Gasteiger partial charge in [-0.1, -0.05) is 17.7 Å². The van der Waals surface area contributed by atoms with Crippen LogP contribution >= 0.6 is 23.2 Å². The summed E-state index contributed by atoms with van der Waals surface area (Å²) in [7, 11) is 0. The number of aromatic nitrogens is 2. The third-order valence-electron chi connectivity index (χ3n) is 3.51. The van der Waals surface area contributed by atoms with E-state index in [0.717, 1.165) is 25.9 Å². The van der Waals surface area contributed by atoms with Crippen LogP contribution in [-0.4, -0.2) is 22.6 Å². The minimum Gasteiger partial charge on any atom is -0.317 e. The second-order valence-electron chi connectivity index (χ2n) is 4.67. The van der Waals surface area contributed by atoms with Gasteiger partial charge in [-0.25, -0.2) is 4.98 Å². The van der Waals surface area contributed by atoms with E-state index in [9.17, 15) is 4.79 Å². The molecule has 1 N–H and O–H groups in total. The maximum Gasteiger partial charge on any atom is 0.264 e. The molecule has 100 valence electrons. The lowest BCUT2D eigenvalue weighted by atomic mass is 10.1. The molecule has 19 heavy (non-hydrogen) atoms. The topological polar surface area (TPSA) is 46.9 Å². The molecule has 0 atom stereocenters. The van der Waals surface area contributed by atoms with Gasteiger partial charge in [0.05, 0.1) is 15.9 Å². The molecular formula is C13H13Cl2N3O. The van der Waals surface area contributed by atoms with E-state index in [1.165, 1.54) is 0 Å². The molecule has 2 heterocycles. The van der Waals surface area contributed by atoms with Crippen molar-refractivity contribution in [3.63, 3.8) is 0 Å². The maximum atomic E-state index is 12.6. The Labute approximate surface area is 120 Å². The number of piperidine rings is 1. The fourth-order valence-electron chi connectivity index (χ4n) is 2.56. The summed E-state index contributed by atoms with van der Waals surface area (Å²) in [5.74, 6) is 0. The van der Waals surface area contributed by atoms with E-state index in [-0.39, 0.29) is 16.9 Å². The van der Waals surface area contributed by atoms with Crippen molar-refractivity contribution in [3.8, 4) is 0 Å². The Kier molecular flexibility index (Phi) is 3.48. The Morgan fingerprint density at radius 1 is 1.26 bits per heavy atom. The van der Waals surface area contributed by atoms with E-state index in [1.54, 1.807) is 22.8 Å². The van der Waals surface area contributed by atoms with Crippen LogP contribution in [0.5, 0.6) is 0 Å². The van der Waals surface area contributed by atoms with Gasteiger partial charge in [-0.2, -0.15) is 0 Å². The highest BCUT2D eigenvalue weighted by atomic mass is 35.5. The zero-order chi connectivity index (χ0) is 13.4. The van der Waals surface area contributed by atoms with Gasteiger partial charge >= 0.3 is 0 Å².